The first-order chi connectivity index (χ1) is 9.98. The SMILES string of the molecule is CCC1(CO)CCN(Cc2nc(N)nc(N(C)C)n2)CC1. The van der Waals surface area contributed by atoms with Crippen LogP contribution in [0, 0.1) is 5.41 Å². The van der Waals surface area contributed by atoms with E-state index in [2.05, 4.69) is 26.8 Å². The fourth-order valence-corrected chi connectivity index (χ4v) is 2.70. The van der Waals surface area contributed by atoms with Crippen LogP contribution in [0.25, 0.3) is 0 Å². The number of anilines is 2. The van der Waals surface area contributed by atoms with Crippen molar-refractivity contribution < 1.29 is 5.11 Å². The van der Waals surface area contributed by atoms with Crippen LogP contribution >= 0.6 is 0 Å². The van der Waals surface area contributed by atoms with Crippen molar-refractivity contribution in [2.45, 2.75) is 32.7 Å². The number of hydrogen-bond acceptors (Lipinski definition) is 7. The molecule has 1 aliphatic heterocycles. The third-order valence-electron chi connectivity index (χ3n) is 4.45. The van der Waals surface area contributed by atoms with Crippen LogP contribution in [0.5, 0.6) is 0 Å². The maximum Gasteiger partial charge on any atom is 0.229 e. The molecule has 2 rings (SSSR count). The fraction of sp³-hybridized carbons (Fsp3) is 0.786. The lowest BCUT2D eigenvalue weighted by molar-refractivity contribution is 0.0374. The van der Waals surface area contributed by atoms with Crippen LogP contribution in [0.1, 0.15) is 32.0 Å². The van der Waals surface area contributed by atoms with Crippen molar-refractivity contribution in [1.82, 2.24) is 19.9 Å². The van der Waals surface area contributed by atoms with Crippen LogP contribution in [0.2, 0.25) is 0 Å². The number of aliphatic hydroxyl groups excluding tert-OH is 1. The van der Waals surface area contributed by atoms with E-state index in [1.165, 1.54) is 0 Å². The van der Waals surface area contributed by atoms with Crippen LogP contribution in [-0.4, -0.2) is 58.8 Å². The number of hydrogen-bond donors (Lipinski definition) is 2. The van der Waals surface area contributed by atoms with E-state index >= 15 is 0 Å². The Balaban J connectivity index is 2.00. The molecule has 1 aromatic heterocycles. The van der Waals surface area contributed by atoms with Crippen LogP contribution in [0.4, 0.5) is 11.9 Å². The second-order valence-electron chi connectivity index (χ2n) is 6.09. The van der Waals surface area contributed by atoms with Gasteiger partial charge in [-0.1, -0.05) is 6.92 Å². The van der Waals surface area contributed by atoms with E-state index in [1.807, 2.05) is 19.0 Å². The predicted octanol–water partition coefficient (Wildman–Crippen LogP) is 0.504. The summed E-state index contributed by atoms with van der Waals surface area (Å²) in [5, 5.41) is 9.58. The fourth-order valence-electron chi connectivity index (χ4n) is 2.70. The molecule has 0 spiro atoms. The van der Waals surface area contributed by atoms with Crippen LogP contribution < -0.4 is 10.6 Å². The predicted molar refractivity (Wildman–Crippen MR) is 82.9 cm³/mol. The molecule has 7 nitrogen and oxygen atoms in total. The Kier molecular flexibility index (Phi) is 4.95. The molecule has 0 atom stereocenters. The Labute approximate surface area is 126 Å². The minimum absolute atomic E-state index is 0.101. The first-order valence-corrected chi connectivity index (χ1v) is 7.49. The first-order valence-electron chi connectivity index (χ1n) is 7.49. The van der Waals surface area contributed by atoms with Crippen LogP contribution in [-0.2, 0) is 6.54 Å². The maximum absolute atomic E-state index is 9.58. The van der Waals surface area contributed by atoms with Gasteiger partial charge in [0.2, 0.25) is 11.9 Å². The lowest BCUT2D eigenvalue weighted by Gasteiger charge is -2.40. The monoisotopic (exact) mass is 294 g/mol. The van der Waals surface area contributed by atoms with Crippen molar-refractivity contribution in [2.75, 3.05) is 44.4 Å². The summed E-state index contributed by atoms with van der Waals surface area (Å²) in [7, 11) is 3.77. The van der Waals surface area contributed by atoms with Gasteiger partial charge in [-0.2, -0.15) is 15.0 Å². The molecule has 0 unspecified atom stereocenters. The molecule has 21 heavy (non-hydrogen) atoms. The van der Waals surface area contributed by atoms with Crippen molar-refractivity contribution in [3.63, 3.8) is 0 Å². The molecule has 2 heterocycles. The number of aliphatic hydroxyl groups is 1. The molecule has 0 aromatic carbocycles. The molecule has 1 fully saturated rings. The van der Waals surface area contributed by atoms with Crippen LogP contribution in [0.15, 0.2) is 0 Å². The van der Waals surface area contributed by atoms with E-state index in [-0.39, 0.29) is 18.0 Å². The summed E-state index contributed by atoms with van der Waals surface area (Å²) in [5.74, 6) is 1.56. The van der Waals surface area contributed by atoms with E-state index < -0.39 is 0 Å². The van der Waals surface area contributed by atoms with Crippen molar-refractivity contribution in [3.8, 4) is 0 Å². The molecule has 1 aromatic rings. The summed E-state index contributed by atoms with van der Waals surface area (Å²) in [5.41, 5.74) is 5.85. The molecule has 0 bridgehead atoms. The molecule has 0 saturated carbocycles. The molecule has 118 valence electrons. The summed E-state index contributed by atoms with van der Waals surface area (Å²) < 4.78 is 0. The largest absolute Gasteiger partial charge is 0.396 e. The third kappa shape index (κ3) is 3.79. The van der Waals surface area contributed by atoms with Crippen molar-refractivity contribution in [1.29, 1.82) is 0 Å². The Bertz CT molecular complexity index is 465. The molecule has 7 heteroatoms. The second-order valence-corrected chi connectivity index (χ2v) is 6.09. The molecule has 0 aliphatic carbocycles. The number of aromatic nitrogens is 3. The highest BCUT2D eigenvalue weighted by Gasteiger charge is 2.32. The minimum Gasteiger partial charge on any atom is -0.396 e. The Morgan fingerprint density at radius 3 is 2.43 bits per heavy atom. The van der Waals surface area contributed by atoms with E-state index in [4.69, 9.17) is 5.73 Å². The first kappa shape index (κ1) is 15.9. The Morgan fingerprint density at radius 1 is 1.24 bits per heavy atom. The van der Waals surface area contributed by atoms with Gasteiger partial charge in [0.05, 0.1) is 6.54 Å². The molecule has 1 saturated heterocycles. The topological polar surface area (TPSA) is 91.4 Å². The molecule has 0 amide bonds. The smallest absolute Gasteiger partial charge is 0.229 e. The molecular weight excluding hydrogens is 268 g/mol. The lowest BCUT2D eigenvalue weighted by atomic mass is 9.77. The van der Waals surface area contributed by atoms with Gasteiger partial charge in [-0.15, -0.1) is 0 Å². The lowest BCUT2D eigenvalue weighted by Crippen LogP contribution is -2.41. The van der Waals surface area contributed by atoms with Gasteiger partial charge in [0.15, 0.2) is 0 Å². The Morgan fingerprint density at radius 2 is 1.90 bits per heavy atom. The maximum atomic E-state index is 9.58. The van der Waals surface area contributed by atoms with E-state index in [0.717, 1.165) is 32.4 Å². The Hall–Kier alpha value is -1.47. The van der Waals surface area contributed by atoms with Gasteiger partial charge in [-0.25, -0.2) is 0 Å². The number of nitrogen functional groups attached to an aromatic ring is 1. The summed E-state index contributed by atoms with van der Waals surface area (Å²) >= 11 is 0. The zero-order valence-corrected chi connectivity index (χ0v) is 13.2. The summed E-state index contributed by atoms with van der Waals surface area (Å²) in [6.45, 7) is 5.02. The van der Waals surface area contributed by atoms with Crippen molar-refractivity contribution in [2.24, 2.45) is 5.41 Å². The number of piperidine rings is 1. The van der Waals surface area contributed by atoms with Gasteiger partial charge in [-0.3, -0.25) is 4.90 Å². The average molecular weight is 294 g/mol. The summed E-state index contributed by atoms with van der Waals surface area (Å²) in [6.07, 6.45) is 3.06. The van der Waals surface area contributed by atoms with Crippen LogP contribution in [0.3, 0.4) is 0 Å². The van der Waals surface area contributed by atoms with E-state index in [1.54, 1.807) is 0 Å². The quantitative estimate of drug-likeness (QED) is 0.817. The third-order valence-corrected chi connectivity index (χ3v) is 4.45. The number of likely N-dealkylation sites (tertiary alicyclic amines) is 1. The summed E-state index contributed by atoms with van der Waals surface area (Å²) in [6, 6.07) is 0. The average Bonchev–Trinajstić information content (AvgIpc) is 2.48. The molecular formula is C14H26N6O. The highest BCUT2D eigenvalue weighted by molar-refractivity contribution is 5.32. The zero-order valence-electron chi connectivity index (χ0n) is 13.2. The van der Waals surface area contributed by atoms with Gasteiger partial charge in [0, 0.05) is 20.7 Å². The summed E-state index contributed by atoms with van der Waals surface area (Å²) in [4.78, 5) is 16.9. The van der Waals surface area contributed by atoms with Crippen molar-refractivity contribution in [3.05, 3.63) is 5.82 Å². The van der Waals surface area contributed by atoms with Gasteiger partial charge < -0.3 is 15.7 Å². The normalized spacial score (nSPS) is 18.7. The number of rotatable bonds is 5. The highest BCUT2D eigenvalue weighted by atomic mass is 16.3. The number of nitrogens with two attached hydrogens (primary N) is 1. The van der Waals surface area contributed by atoms with Gasteiger partial charge in [0.1, 0.15) is 5.82 Å². The van der Waals surface area contributed by atoms with E-state index in [0.29, 0.717) is 18.3 Å². The second kappa shape index (κ2) is 6.53. The molecule has 0 radical (unpaired) electrons. The minimum atomic E-state index is 0.101. The van der Waals surface area contributed by atoms with Gasteiger partial charge in [-0.05, 0) is 37.8 Å². The zero-order chi connectivity index (χ0) is 15.5. The molecule has 1 aliphatic rings. The molecule has 3 N–H and O–H groups in total. The van der Waals surface area contributed by atoms with Gasteiger partial charge >= 0.3 is 0 Å². The highest BCUT2D eigenvalue weighted by Crippen LogP contribution is 2.34. The van der Waals surface area contributed by atoms with Crippen molar-refractivity contribution >= 4 is 11.9 Å². The van der Waals surface area contributed by atoms with Gasteiger partial charge in [0.25, 0.3) is 0 Å². The van der Waals surface area contributed by atoms with E-state index in [9.17, 15) is 5.11 Å². The standard InChI is InChI=1S/C14H26N6O/c1-4-14(10-21)5-7-20(8-6-14)9-11-16-12(15)18-13(17-11)19(2)3/h21H,4-10H2,1-3H3,(H2,15,16,17,18). The number of nitrogens with zero attached hydrogens (tertiary/aromatic N) is 5.